The molecule has 0 radical (unpaired) electrons. The topological polar surface area (TPSA) is 52.0 Å². The van der Waals surface area contributed by atoms with Crippen LogP contribution in [-0.2, 0) is 6.42 Å². The molecule has 0 unspecified atom stereocenters. The molecular formula is C12H20N2O. The molecule has 1 heterocycles. The largest absolute Gasteiger partial charge is 0.367 e. The molecule has 2 N–H and O–H groups in total. The lowest BCUT2D eigenvalue weighted by Crippen LogP contribution is -2.02. The van der Waals surface area contributed by atoms with E-state index in [4.69, 9.17) is 10.3 Å². The van der Waals surface area contributed by atoms with E-state index in [9.17, 15) is 0 Å². The van der Waals surface area contributed by atoms with E-state index in [2.05, 4.69) is 12.1 Å². The van der Waals surface area contributed by atoms with Crippen LogP contribution >= 0.6 is 0 Å². The van der Waals surface area contributed by atoms with E-state index in [-0.39, 0.29) is 0 Å². The van der Waals surface area contributed by atoms with E-state index >= 15 is 0 Å². The highest BCUT2D eigenvalue weighted by molar-refractivity contribution is 5.40. The average Bonchev–Trinajstić information content (AvgIpc) is 2.48. The van der Waals surface area contributed by atoms with Gasteiger partial charge in [0, 0.05) is 11.5 Å². The van der Waals surface area contributed by atoms with Crippen molar-refractivity contribution in [2.24, 2.45) is 0 Å². The van der Waals surface area contributed by atoms with Crippen molar-refractivity contribution < 1.29 is 4.52 Å². The number of nitrogens with zero attached hydrogens (tertiary/aromatic N) is 1. The van der Waals surface area contributed by atoms with Gasteiger partial charge in [-0.2, -0.15) is 0 Å². The van der Waals surface area contributed by atoms with Crippen molar-refractivity contribution in [2.75, 3.05) is 5.73 Å². The molecule has 2 rings (SSSR count). The van der Waals surface area contributed by atoms with Crippen molar-refractivity contribution in [3.63, 3.8) is 0 Å². The lowest BCUT2D eigenvalue weighted by molar-refractivity contribution is 0.413. The lowest BCUT2D eigenvalue weighted by Gasteiger charge is -2.11. The lowest BCUT2D eigenvalue weighted by atomic mass is 9.93. The summed E-state index contributed by atoms with van der Waals surface area (Å²) >= 11 is 0. The van der Waals surface area contributed by atoms with Gasteiger partial charge in [-0.3, -0.25) is 0 Å². The molecule has 3 nitrogen and oxygen atoms in total. The zero-order valence-corrected chi connectivity index (χ0v) is 9.46. The Bertz CT molecular complexity index is 311. The van der Waals surface area contributed by atoms with Crippen LogP contribution in [0.3, 0.4) is 0 Å². The molecular weight excluding hydrogens is 188 g/mol. The Morgan fingerprint density at radius 3 is 2.53 bits per heavy atom. The molecule has 1 aromatic rings. The third-order valence-corrected chi connectivity index (χ3v) is 3.44. The smallest absolute Gasteiger partial charge is 0.225 e. The standard InChI is InChI=1S/C12H20N2O/c1-2-10-11(14-15-12(10)13)9-7-5-3-4-6-8-9/h9H,2-8,13H2,1H3. The highest BCUT2D eigenvalue weighted by Gasteiger charge is 2.22. The molecule has 0 aliphatic heterocycles. The Morgan fingerprint density at radius 2 is 1.93 bits per heavy atom. The van der Waals surface area contributed by atoms with E-state index in [1.54, 1.807) is 0 Å². The van der Waals surface area contributed by atoms with Crippen LogP contribution in [0.2, 0.25) is 0 Å². The molecule has 0 bridgehead atoms. The SMILES string of the molecule is CCc1c(C2CCCCCC2)noc1N. The first kappa shape index (κ1) is 10.5. The van der Waals surface area contributed by atoms with Gasteiger partial charge in [-0.15, -0.1) is 0 Å². The number of nitrogen functional groups attached to an aromatic ring is 1. The first-order valence-electron chi connectivity index (χ1n) is 6.06. The highest BCUT2D eigenvalue weighted by Crippen LogP contribution is 2.34. The van der Waals surface area contributed by atoms with Crippen molar-refractivity contribution in [1.29, 1.82) is 0 Å². The third kappa shape index (κ3) is 2.16. The summed E-state index contributed by atoms with van der Waals surface area (Å²) < 4.78 is 5.11. The van der Waals surface area contributed by atoms with Crippen LogP contribution in [0.5, 0.6) is 0 Å². The van der Waals surface area contributed by atoms with Crippen molar-refractivity contribution in [3.05, 3.63) is 11.3 Å². The molecule has 1 saturated carbocycles. The summed E-state index contributed by atoms with van der Waals surface area (Å²) in [5, 5.41) is 4.15. The highest BCUT2D eigenvalue weighted by atomic mass is 16.5. The second kappa shape index (κ2) is 4.69. The van der Waals surface area contributed by atoms with Crippen molar-refractivity contribution in [1.82, 2.24) is 5.16 Å². The monoisotopic (exact) mass is 208 g/mol. The minimum atomic E-state index is 0.525. The fourth-order valence-electron chi connectivity index (χ4n) is 2.56. The summed E-state index contributed by atoms with van der Waals surface area (Å²) in [5.74, 6) is 1.11. The number of anilines is 1. The van der Waals surface area contributed by atoms with Crippen LogP contribution in [-0.4, -0.2) is 5.16 Å². The van der Waals surface area contributed by atoms with Gasteiger partial charge in [0.15, 0.2) is 0 Å². The quantitative estimate of drug-likeness (QED) is 0.759. The van der Waals surface area contributed by atoms with Crippen LogP contribution in [0.15, 0.2) is 4.52 Å². The number of rotatable bonds is 2. The normalized spacial score (nSPS) is 19.0. The maximum atomic E-state index is 5.77. The van der Waals surface area contributed by atoms with E-state index < -0.39 is 0 Å². The molecule has 0 spiro atoms. The van der Waals surface area contributed by atoms with E-state index in [0.717, 1.165) is 17.7 Å². The van der Waals surface area contributed by atoms with Gasteiger partial charge in [0.05, 0.1) is 5.69 Å². The van der Waals surface area contributed by atoms with Crippen molar-refractivity contribution in [2.45, 2.75) is 57.8 Å². The zero-order valence-electron chi connectivity index (χ0n) is 9.46. The van der Waals surface area contributed by atoms with Crippen LogP contribution in [0.1, 0.15) is 62.6 Å². The van der Waals surface area contributed by atoms with Gasteiger partial charge < -0.3 is 10.3 Å². The average molecular weight is 208 g/mol. The Hall–Kier alpha value is -0.990. The van der Waals surface area contributed by atoms with Gasteiger partial charge in [-0.25, -0.2) is 0 Å². The minimum absolute atomic E-state index is 0.525. The molecule has 0 aromatic carbocycles. The molecule has 1 aromatic heterocycles. The molecule has 1 aliphatic rings. The van der Waals surface area contributed by atoms with Gasteiger partial charge >= 0.3 is 0 Å². The second-order valence-electron chi connectivity index (χ2n) is 4.45. The summed E-state index contributed by atoms with van der Waals surface area (Å²) in [5.41, 5.74) is 8.05. The van der Waals surface area contributed by atoms with E-state index in [0.29, 0.717) is 11.8 Å². The Balaban J connectivity index is 2.19. The molecule has 0 atom stereocenters. The maximum Gasteiger partial charge on any atom is 0.225 e. The summed E-state index contributed by atoms with van der Waals surface area (Å²) in [7, 11) is 0. The van der Waals surface area contributed by atoms with Gasteiger partial charge in [-0.05, 0) is 19.3 Å². The number of hydrogen-bond donors (Lipinski definition) is 1. The molecule has 3 heteroatoms. The van der Waals surface area contributed by atoms with Crippen molar-refractivity contribution >= 4 is 5.88 Å². The molecule has 1 aliphatic carbocycles. The molecule has 0 amide bonds. The zero-order chi connectivity index (χ0) is 10.7. The summed E-state index contributed by atoms with van der Waals surface area (Å²) in [6.45, 7) is 2.11. The predicted octanol–water partition coefficient (Wildman–Crippen LogP) is 3.26. The minimum Gasteiger partial charge on any atom is -0.367 e. The van der Waals surface area contributed by atoms with Gasteiger partial charge in [0.2, 0.25) is 5.88 Å². The fraction of sp³-hybridized carbons (Fsp3) is 0.750. The number of nitrogens with two attached hydrogens (primary N) is 1. The predicted molar refractivity (Wildman–Crippen MR) is 60.7 cm³/mol. The van der Waals surface area contributed by atoms with Gasteiger partial charge in [0.25, 0.3) is 0 Å². The number of aromatic nitrogens is 1. The Labute approximate surface area is 91.0 Å². The van der Waals surface area contributed by atoms with Crippen molar-refractivity contribution in [3.8, 4) is 0 Å². The molecule has 84 valence electrons. The summed E-state index contributed by atoms with van der Waals surface area (Å²) in [6.07, 6.45) is 8.80. The maximum absolute atomic E-state index is 5.77. The third-order valence-electron chi connectivity index (χ3n) is 3.44. The van der Waals surface area contributed by atoms with Crippen LogP contribution < -0.4 is 5.73 Å². The first-order chi connectivity index (χ1) is 7.33. The first-order valence-corrected chi connectivity index (χ1v) is 6.06. The van der Waals surface area contributed by atoms with E-state index in [1.165, 1.54) is 38.5 Å². The summed E-state index contributed by atoms with van der Waals surface area (Å²) in [4.78, 5) is 0. The van der Waals surface area contributed by atoms with E-state index in [1.807, 2.05) is 0 Å². The van der Waals surface area contributed by atoms with Crippen LogP contribution in [0, 0.1) is 0 Å². The van der Waals surface area contributed by atoms with Gasteiger partial charge in [-0.1, -0.05) is 37.8 Å². The molecule has 0 saturated heterocycles. The number of hydrogen-bond acceptors (Lipinski definition) is 3. The molecule has 1 fully saturated rings. The van der Waals surface area contributed by atoms with Crippen LogP contribution in [0.25, 0.3) is 0 Å². The summed E-state index contributed by atoms with van der Waals surface area (Å²) in [6, 6.07) is 0. The van der Waals surface area contributed by atoms with Gasteiger partial charge in [0.1, 0.15) is 0 Å². The molecule has 15 heavy (non-hydrogen) atoms. The van der Waals surface area contributed by atoms with Crippen LogP contribution in [0.4, 0.5) is 5.88 Å². The Morgan fingerprint density at radius 1 is 1.27 bits per heavy atom. The Kier molecular flexibility index (Phi) is 3.29. The second-order valence-corrected chi connectivity index (χ2v) is 4.45. The fourth-order valence-corrected chi connectivity index (χ4v) is 2.56.